The second kappa shape index (κ2) is 2.58. The number of hydrogen-bond donors (Lipinski definition) is 0. The van der Waals surface area contributed by atoms with Gasteiger partial charge >= 0.3 is 0 Å². The van der Waals surface area contributed by atoms with Gasteiger partial charge in [-0.1, -0.05) is 6.92 Å². The van der Waals surface area contributed by atoms with Crippen LogP contribution >= 0.6 is 0 Å². The molecule has 1 saturated carbocycles. The van der Waals surface area contributed by atoms with E-state index in [0.717, 1.165) is 6.42 Å². The van der Waals surface area contributed by atoms with E-state index in [1.165, 1.54) is 12.2 Å². The second-order valence-corrected chi connectivity index (χ2v) is 2.84. The Morgan fingerprint density at radius 2 is 2.20 bits per heavy atom. The molecule has 0 unspecified atom stereocenters. The molecule has 2 atom stereocenters. The van der Waals surface area contributed by atoms with E-state index < -0.39 is 0 Å². The first-order chi connectivity index (χ1) is 4.66. The molecule has 0 aromatic rings. The molecule has 0 aliphatic heterocycles. The third-order valence-corrected chi connectivity index (χ3v) is 2.01. The fourth-order valence-corrected chi connectivity index (χ4v) is 0.990. The van der Waals surface area contributed by atoms with Crippen molar-refractivity contribution in [1.29, 1.82) is 0 Å². The Morgan fingerprint density at radius 3 is 2.50 bits per heavy atom. The monoisotopic (exact) mass is 143 g/mol. The maximum absolute atomic E-state index is 11.1. The van der Waals surface area contributed by atoms with Crippen molar-refractivity contribution in [3.63, 3.8) is 0 Å². The summed E-state index contributed by atoms with van der Waals surface area (Å²) in [5.41, 5.74) is 0. The number of hydroxylamine groups is 2. The van der Waals surface area contributed by atoms with Crippen LogP contribution in [-0.2, 0) is 9.63 Å². The predicted octanol–water partition coefficient (Wildman–Crippen LogP) is 0.662. The minimum absolute atomic E-state index is 0.106. The number of carbonyl (C=O) groups is 1. The third kappa shape index (κ3) is 1.29. The Bertz CT molecular complexity index is 141. The largest absolute Gasteiger partial charge is 0.275 e. The summed E-state index contributed by atoms with van der Waals surface area (Å²) in [4.78, 5) is 15.9. The highest BCUT2D eigenvalue weighted by molar-refractivity contribution is 5.80. The first kappa shape index (κ1) is 7.54. The van der Waals surface area contributed by atoms with Gasteiger partial charge in [-0.2, -0.15) is 0 Å². The molecular formula is C7H13NO2. The Hall–Kier alpha value is -0.570. The van der Waals surface area contributed by atoms with Crippen molar-refractivity contribution >= 4 is 5.91 Å². The molecule has 10 heavy (non-hydrogen) atoms. The molecule has 3 nitrogen and oxygen atoms in total. The maximum atomic E-state index is 11.1. The molecule has 0 radical (unpaired) electrons. The van der Waals surface area contributed by atoms with Crippen molar-refractivity contribution < 1.29 is 9.63 Å². The summed E-state index contributed by atoms with van der Waals surface area (Å²) in [5, 5.41) is 1.30. The zero-order chi connectivity index (χ0) is 7.72. The number of amides is 1. The van der Waals surface area contributed by atoms with E-state index in [0.29, 0.717) is 5.92 Å². The minimum Gasteiger partial charge on any atom is -0.275 e. The van der Waals surface area contributed by atoms with Crippen LogP contribution in [0.5, 0.6) is 0 Å². The van der Waals surface area contributed by atoms with Crippen LogP contribution in [0.3, 0.4) is 0 Å². The van der Waals surface area contributed by atoms with Gasteiger partial charge in [-0.15, -0.1) is 0 Å². The van der Waals surface area contributed by atoms with Gasteiger partial charge in [-0.3, -0.25) is 9.63 Å². The van der Waals surface area contributed by atoms with Crippen molar-refractivity contribution in [2.45, 2.75) is 13.3 Å². The van der Waals surface area contributed by atoms with Crippen LogP contribution in [0.15, 0.2) is 0 Å². The topological polar surface area (TPSA) is 29.5 Å². The lowest BCUT2D eigenvalue weighted by atomic mass is 10.3. The van der Waals surface area contributed by atoms with Gasteiger partial charge in [0, 0.05) is 13.0 Å². The molecule has 1 rings (SSSR count). The van der Waals surface area contributed by atoms with Gasteiger partial charge in [0.15, 0.2) is 0 Å². The molecule has 1 aliphatic rings. The lowest BCUT2D eigenvalue weighted by Crippen LogP contribution is -2.27. The third-order valence-electron chi connectivity index (χ3n) is 2.01. The number of hydrogen-bond acceptors (Lipinski definition) is 2. The average Bonchev–Trinajstić information content (AvgIpc) is 2.63. The highest BCUT2D eigenvalue weighted by atomic mass is 16.7. The summed E-state index contributed by atoms with van der Waals surface area (Å²) in [5.74, 6) is 0.894. The van der Waals surface area contributed by atoms with E-state index in [-0.39, 0.29) is 11.8 Å². The van der Waals surface area contributed by atoms with Crippen LogP contribution in [-0.4, -0.2) is 25.1 Å². The van der Waals surface area contributed by atoms with Crippen molar-refractivity contribution in [3.8, 4) is 0 Å². The van der Waals surface area contributed by atoms with Crippen molar-refractivity contribution in [3.05, 3.63) is 0 Å². The summed E-state index contributed by atoms with van der Waals surface area (Å²) < 4.78 is 0. The van der Waals surface area contributed by atoms with Gasteiger partial charge in [0.05, 0.1) is 7.11 Å². The van der Waals surface area contributed by atoms with Gasteiger partial charge in [0.25, 0.3) is 0 Å². The summed E-state index contributed by atoms with van der Waals surface area (Å²) in [6.07, 6.45) is 1.02. The van der Waals surface area contributed by atoms with Crippen LogP contribution in [0.25, 0.3) is 0 Å². The molecule has 1 fully saturated rings. The number of nitrogens with zero attached hydrogens (tertiary/aromatic N) is 1. The summed E-state index contributed by atoms with van der Waals surface area (Å²) in [6, 6.07) is 0. The van der Waals surface area contributed by atoms with Crippen molar-refractivity contribution in [1.82, 2.24) is 5.06 Å². The van der Waals surface area contributed by atoms with Crippen LogP contribution in [0, 0.1) is 11.8 Å². The zero-order valence-electron chi connectivity index (χ0n) is 6.63. The highest BCUT2D eigenvalue weighted by Crippen LogP contribution is 2.38. The van der Waals surface area contributed by atoms with Crippen molar-refractivity contribution in [2.75, 3.05) is 14.2 Å². The van der Waals surface area contributed by atoms with Crippen molar-refractivity contribution in [2.24, 2.45) is 11.8 Å². The molecule has 58 valence electrons. The Morgan fingerprint density at radius 1 is 1.70 bits per heavy atom. The van der Waals surface area contributed by atoms with Gasteiger partial charge < -0.3 is 0 Å². The van der Waals surface area contributed by atoms with Crippen LogP contribution in [0.2, 0.25) is 0 Å². The van der Waals surface area contributed by atoms with Gasteiger partial charge in [0.2, 0.25) is 5.91 Å². The fraction of sp³-hybridized carbons (Fsp3) is 0.857. The van der Waals surface area contributed by atoms with Crippen LogP contribution in [0.1, 0.15) is 13.3 Å². The van der Waals surface area contributed by atoms with Crippen LogP contribution in [0.4, 0.5) is 0 Å². The number of carbonyl (C=O) groups excluding carboxylic acids is 1. The van der Waals surface area contributed by atoms with E-state index in [4.69, 9.17) is 4.84 Å². The van der Waals surface area contributed by atoms with Gasteiger partial charge in [-0.05, 0) is 12.3 Å². The molecule has 0 spiro atoms. The van der Waals surface area contributed by atoms with Crippen LogP contribution < -0.4 is 0 Å². The predicted molar refractivity (Wildman–Crippen MR) is 37.0 cm³/mol. The van der Waals surface area contributed by atoms with E-state index in [9.17, 15) is 4.79 Å². The maximum Gasteiger partial charge on any atom is 0.249 e. The number of rotatable bonds is 2. The second-order valence-electron chi connectivity index (χ2n) is 2.84. The summed E-state index contributed by atoms with van der Waals surface area (Å²) in [6.45, 7) is 2.08. The molecule has 0 aromatic carbocycles. The lowest BCUT2D eigenvalue weighted by molar-refractivity contribution is -0.170. The molecule has 0 bridgehead atoms. The normalized spacial score (nSPS) is 29.9. The molecule has 1 aliphatic carbocycles. The molecule has 0 aromatic heterocycles. The first-order valence-electron chi connectivity index (χ1n) is 3.48. The Labute approximate surface area is 60.9 Å². The molecule has 0 saturated heterocycles. The molecular weight excluding hydrogens is 130 g/mol. The lowest BCUT2D eigenvalue weighted by Gasteiger charge is -2.12. The fourth-order valence-electron chi connectivity index (χ4n) is 0.990. The van der Waals surface area contributed by atoms with E-state index in [1.54, 1.807) is 7.05 Å². The zero-order valence-corrected chi connectivity index (χ0v) is 6.63. The first-order valence-corrected chi connectivity index (χ1v) is 3.48. The van der Waals surface area contributed by atoms with Gasteiger partial charge in [0.1, 0.15) is 0 Å². The quantitative estimate of drug-likeness (QED) is 0.531. The summed E-state index contributed by atoms with van der Waals surface area (Å²) in [7, 11) is 3.15. The standard InChI is InChI=1S/C7H13NO2/c1-5-4-6(5)7(9)8(2)10-3/h5-6H,4H2,1-3H3/t5-,6-/m1/s1. The van der Waals surface area contributed by atoms with Gasteiger partial charge in [-0.25, -0.2) is 5.06 Å². The molecule has 0 N–H and O–H groups in total. The molecule has 1 amide bonds. The highest BCUT2D eigenvalue weighted by Gasteiger charge is 2.40. The minimum atomic E-state index is 0.106. The Kier molecular flexibility index (Phi) is 1.94. The molecule has 0 heterocycles. The summed E-state index contributed by atoms with van der Waals surface area (Å²) >= 11 is 0. The van der Waals surface area contributed by atoms with E-state index >= 15 is 0 Å². The smallest absolute Gasteiger partial charge is 0.249 e. The van der Waals surface area contributed by atoms with E-state index in [1.807, 2.05) is 0 Å². The Balaban J connectivity index is 2.35. The van der Waals surface area contributed by atoms with E-state index in [2.05, 4.69) is 6.92 Å². The SMILES string of the molecule is CON(C)C(=O)[C@@H]1C[C@H]1C. The molecule has 3 heteroatoms. The average molecular weight is 143 g/mol.